The van der Waals surface area contributed by atoms with Crippen molar-refractivity contribution in [1.29, 1.82) is 0 Å². The molecule has 0 spiro atoms. The largest absolute Gasteiger partial charge is 0.369 e. The van der Waals surface area contributed by atoms with Crippen molar-refractivity contribution in [2.24, 2.45) is 5.73 Å². The van der Waals surface area contributed by atoms with Crippen molar-refractivity contribution >= 4 is 11.6 Å². The summed E-state index contributed by atoms with van der Waals surface area (Å²) in [4.78, 5) is 13.8. The van der Waals surface area contributed by atoms with Crippen molar-refractivity contribution in [3.8, 4) is 0 Å². The number of primary amides is 1. The number of para-hydroxylation sites is 1. The normalized spacial score (nSPS) is 13.8. The summed E-state index contributed by atoms with van der Waals surface area (Å²) in [7, 11) is 1.77. The molecule has 1 aromatic rings. The predicted molar refractivity (Wildman–Crippen MR) is 80.2 cm³/mol. The molecule has 1 rings (SSSR count). The van der Waals surface area contributed by atoms with E-state index in [-0.39, 0.29) is 5.91 Å². The molecule has 0 heterocycles. The summed E-state index contributed by atoms with van der Waals surface area (Å²) in [6.45, 7) is 5.50. The van der Waals surface area contributed by atoms with Crippen molar-refractivity contribution in [2.75, 3.05) is 25.0 Å². The molecule has 0 aliphatic heterocycles. The molecule has 19 heavy (non-hydrogen) atoms. The maximum atomic E-state index is 11.6. The van der Waals surface area contributed by atoms with Crippen LogP contribution in [0.25, 0.3) is 0 Å². The van der Waals surface area contributed by atoms with E-state index in [1.54, 1.807) is 7.05 Å². The number of benzene rings is 1. The lowest BCUT2D eigenvalue weighted by atomic mass is 10.0. The lowest BCUT2D eigenvalue weighted by Crippen LogP contribution is -2.58. The van der Waals surface area contributed by atoms with Crippen LogP contribution in [0.2, 0.25) is 0 Å². The number of nitrogens with two attached hydrogens (primary N) is 1. The van der Waals surface area contributed by atoms with Gasteiger partial charge in [-0.05, 0) is 32.5 Å². The van der Waals surface area contributed by atoms with Crippen LogP contribution in [-0.2, 0) is 4.79 Å². The van der Waals surface area contributed by atoms with Gasteiger partial charge >= 0.3 is 0 Å². The highest BCUT2D eigenvalue weighted by molar-refractivity contribution is 5.85. The van der Waals surface area contributed by atoms with E-state index in [0.29, 0.717) is 6.54 Å². The Morgan fingerprint density at radius 3 is 2.47 bits per heavy atom. The molecule has 0 aliphatic carbocycles. The van der Waals surface area contributed by atoms with Crippen LogP contribution in [0, 0.1) is 0 Å². The summed E-state index contributed by atoms with van der Waals surface area (Å²) in [5.41, 5.74) is 5.91. The number of anilines is 1. The summed E-state index contributed by atoms with van der Waals surface area (Å²) in [6, 6.07) is 10.1. The average Bonchev–Trinajstić information content (AvgIpc) is 2.44. The first kappa shape index (κ1) is 15.5. The van der Waals surface area contributed by atoms with Gasteiger partial charge in [0.2, 0.25) is 5.91 Å². The zero-order chi connectivity index (χ0) is 14.3. The summed E-state index contributed by atoms with van der Waals surface area (Å²) >= 11 is 0. The number of hydrogen-bond acceptors (Lipinski definition) is 3. The second-order valence-electron chi connectivity index (χ2n) is 5.06. The third kappa shape index (κ3) is 4.24. The van der Waals surface area contributed by atoms with Gasteiger partial charge < -0.3 is 16.0 Å². The second-order valence-corrected chi connectivity index (χ2v) is 5.06. The summed E-state index contributed by atoms with van der Waals surface area (Å²) in [5, 5.41) is 3.04. The molecule has 0 bridgehead atoms. The van der Waals surface area contributed by atoms with E-state index in [4.69, 9.17) is 5.73 Å². The Hall–Kier alpha value is -1.55. The number of rotatable bonds is 8. The number of carbonyl (C=O) groups excluding carboxylic acids is 1. The van der Waals surface area contributed by atoms with E-state index >= 15 is 0 Å². The zero-order valence-electron chi connectivity index (χ0n) is 12.1. The van der Waals surface area contributed by atoms with Gasteiger partial charge in [-0.2, -0.15) is 0 Å². The molecule has 0 saturated carbocycles. The van der Waals surface area contributed by atoms with Crippen molar-refractivity contribution in [3.05, 3.63) is 30.3 Å². The minimum Gasteiger partial charge on any atom is -0.369 e. The first-order chi connectivity index (χ1) is 9.03. The maximum Gasteiger partial charge on any atom is 0.239 e. The Kier molecular flexibility index (Phi) is 5.83. The quantitative estimate of drug-likeness (QED) is 0.751. The van der Waals surface area contributed by atoms with Crippen LogP contribution in [0.3, 0.4) is 0 Å². The molecule has 0 fully saturated rings. The van der Waals surface area contributed by atoms with Crippen LogP contribution in [0.5, 0.6) is 0 Å². The molecule has 0 aliphatic rings. The Balaban J connectivity index is 2.89. The molecule has 1 aromatic carbocycles. The van der Waals surface area contributed by atoms with Gasteiger partial charge in [0.05, 0.1) is 0 Å². The molecular weight excluding hydrogens is 238 g/mol. The third-order valence-corrected chi connectivity index (χ3v) is 3.51. The fourth-order valence-corrected chi connectivity index (χ4v) is 1.95. The SMILES string of the molecule is CCCCN(CC(C)(NC)C(N)=O)c1ccccc1. The number of hydrogen-bond donors (Lipinski definition) is 2. The minimum atomic E-state index is -0.719. The van der Waals surface area contributed by atoms with E-state index in [1.807, 2.05) is 25.1 Å². The Morgan fingerprint density at radius 2 is 2.00 bits per heavy atom. The number of nitrogens with zero attached hydrogens (tertiary/aromatic N) is 1. The monoisotopic (exact) mass is 263 g/mol. The Bertz CT molecular complexity index is 394. The summed E-state index contributed by atoms with van der Waals surface area (Å²) in [5.74, 6) is -0.326. The van der Waals surface area contributed by atoms with Gasteiger partial charge in [0, 0.05) is 18.8 Å². The molecule has 3 N–H and O–H groups in total. The van der Waals surface area contributed by atoms with E-state index < -0.39 is 5.54 Å². The van der Waals surface area contributed by atoms with E-state index in [0.717, 1.165) is 25.1 Å². The summed E-state index contributed by atoms with van der Waals surface area (Å²) < 4.78 is 0. The molecule has 106 valence electrons. The van der Waals surface area contributed by atoms with Gasteiger partial charge in [0.25, 0.3) is 0 Å². The van der Waals surface area contributed by atoms with Gasteiger partial charge in [0.15, 0.2) is 0 Å². The van der Waals surface area contributed by atoms with Crippen LogP contribution in [0.1, 0.15) is 26.7 Å². The molecule has 0 radical (unpaired) electrons. The molecule has 4 heteroatoms. The molecule has 1 unspecified atom stereocenters. The van der Waals surface area contributed by atoms with Crippen molar-refractivity contribution in [1.82, 2.24) is 5.32 Å². The van der Waals surface area contributed by atoms with Crippen LogP contribution >= 0.6 is 0 Å². The van der Waals surface area contributed by atoms with Gasteiger partial charge in [-0.15, -0.1) is 0 Å². The highest BCUT2D eigenvalue weighted by atomic mass is 16.1. The van der Waals surface area contributed by atoms with Crippen molar-refractivity contribution in [2.45, 2.75) is 32.2 Å². The number of nitrogens with one attached hydrogen (secondary N) is 1. The van der Waals surface area contributed by atoms with E-state index in [2.05, 4.69) is 29.3 Å². The molecule has 0 saturated heterocycles. The standard InChI is InChI=1S/C15H25N3O/c1-4-5-11-18(13-9-7-6-8-10-13)12-15(2,17-3)14(16)19/h6-10,17H,4-5,11-12H2,1-3H3,(H2,16,19). The predicted octanol–water partition coefficient (Wildman–Crippen LogP) is 1.76. The van der Waals surface area contributed by atoms with E-state index in [9.17, 15) is 4.79 Å². The smallest absolute Gasteiger partial charge is 0.239 e. The molecule has 1 amide bonds. The number of unbranched alkanes of at least 4 members (excludes halogenated alkanes) is 1. The highest BCUT2D eigenvalue weighted by Gasteiger charge is 2.31. The Morgan fingerprint density at radius 1 is 1.37 bits per heavy atom. The minimum absolute atomic E-state index is 0.326. The number of likely N-dealkylation sites (N-methyl/N-ethyl adjacent to an activating group) is 1. The van der Waals surface area contributed by atoms with Gasteiger partial charge in [-0.1, -0.05) is 31.5 Å². The van der Waals surface area contributed by atoms with Crippen LogP contribution in [0.15, 0.2) is 30.3 Å². The van der Waals surface area contributed by atoms with Crippen molar-refractivity contribution < 1.29 is 4.79 Å². The average molecular weight is 263 g/mol. The van der Waals surface area contributed by atoms with Gasteiger partial charge in [-0.3, -0.25) is 4.79 Å². The van der Waals surface area contributed by atoms with Gasteiger partial charge in [-0.25, -0.2) is 0 Å². The maximum absolute atomic E-state index is 11.6. The topological polar surface area (TPSA) is 58.4 Å². The van der Waals surface area contributed by atoms with Crippen LogP contribution in [-0.4, -0.2) is 31.6 Å². The zero-order valence-corrected chi connectivity index (χ0v) is 12.1. The number of carbonyl (C=O) groups is 1. The van der Waals surface area contributed by atoms with Crippen molar-refractivity contribution in [3.63, 3.8) is 0 Å². The molecule has 4 nitrogen and oxygen atoms in total. The second kappa shape index (κ2) is 7.14. The fraction of sp³-hybridized carbons (Fsp3) is 0.533. The Labute approximate surface area is 116 Å². The molecular formula is C15H25N3O. The first-order valence-corrected chi connectivity index (χ1v) is 6.82. The highest BCUT2D eigenvalue weighted by Crippen LogP contribution is 2.17. The van der Waals surface area contributed by atoms with Crippen LogP contribution < -0.4 is 16.0 Å². The van der Waals surface area contributed by atoms with E-state index in [1.165, 1.54) is 0 Å². The van der Waals surface area contributed by atoms with Crippen LogP contribution in [0.4, 0.5) is 5.69 Å². The molecule has 1 atom stereocenters. The fourth-order valence-electron chi connectivity index (χ4n) is 1.95. The first-order valence-electron chi connectivity index (χ1n) is 6.82. The summed E-state index contributed by atoms with van der Waals surface area (Å²) in [6.07, 6.45) is 2.21. The number of amides is 1. The lowest BCUT2D eigenvalue weighted by Gasteiger charge is -2.34. The third-order valence-electron chi connectivity index (χ3n) is 3.51. The van der Waals surface area contributed by atoms with Gasteiger partial charge in [0.1, 0.15) is 5.54 Å². The molecule has 0 aromatic heterocycles. The lowest BCUT2D eigenvalue weighted by molar-refractivity contribution is -0.123.